The van der Waals surface area contributed by atoms with Crippen LogP contribution in [0.1, 0.15) is 34.3 Å². The van der Waals surface area contributed by atoms with Crippen LogP contribution in [0.15, 0.2) is 48.5 Å². The Labute approximate surface area is 206 Å². The summed E-state index contributed by atoms with van der Waals surface area (Å²) in [5.74, 6) is 0.0590. The predicted molar refractivity (Wildman–Crippen MR) is 140 cm³/mol. The van der Waals surface area contributed by atoms with Crippen molar-refractivity contribution >= 4 is 42.0 Å². The molecule has 2 aromatic rings. The summed E-state index contributed by atoms with van der Waals surface area (Å²) in [6.07, 6.45) is 4.17. The van der Waals surface area contributed by atoms with Crippen molar-refractivity contribution in [1.29, 1.82) is 0 Å². The molecule has 2 aromatic carbocycles. The third-order valence-corrected chi connectivity index (χ3v) is 7.09. The Morgan fingerprint density at radius 1 is 1.24 bits per heavy atom. The van der Waals surface area contributed by atoms with Gasteiger partial charge in [0.15, 0.2) is 0 Å². The number of esters is 1. The fraction of sp³-hybridized carbons (Fsp3) is 0.440. The van der Waals surface area contributed by atoms with E-state index in [1.807, 2.05) is 54.8 Å². The number of hydrogen-bond acceptors (Lipinski definition) is 7. The summed E-state index contributed by atoms with van der Waals surface area (Å²) in [6.45, 7) is 1.75. The second kappa shape index (κ2) is 12.9. The summed E-state index contributed by atoms with van der Waals surface area (Å²) in [4.78, 5) is 25.4. The van der Waals surface area contributed by atoms with Crippen LogP contribution in [0.25, 0.3) is 0 Å². The molecule has 1 aliphatic heterocycles. The Morgan fingerprint density at radius 3 is 2.70 bits per heavy atom. The highest BCUT2D eigenvalue weighted by molar-refractivity contribution is 7.98. The molecule has 1 heterocycles. The summed E-state index contributed by atoms with van der Waals surface area (Å²) in [6, 6.07) is 15.5. The van der Waals surface area contributed by atoms with Gasteiger partial charge in [-0.05, 0) is 67.1 Å². The van der Waals surface area contributed by atoms with E-state index < -0.39 is 12.0 Å². The number of rotatable bonds is 11. The van der Waals surface area contributed by atoms with E-state index in [0.717, 1.165) is 42.1 Å². The van der Waals surface area contributed by atoms with Gasteiger partial charge >= 0.3 is 5.97 Å². The number of anilines is 1. The number of thiol groups is 1. The van der Waals surface area contributed by atoms with Crippen LogP contribution in [-0.2, 0) is 16.0 Å². The van der Waals surface area contributed by atoms with Crippen molar-refractivity contribution in [2.24, 2.45) is 0 Å². The van der Waals surface area contributed by atoms with Gasteiger partial charge < -0.3 is 20.7 Å². The Morgan fingerprint density at radius 2 is 2.03 bits per heavy atom. The third kappa shape index (κ3) is 7.42. The number of hydrogen-bond donors (Lipinski definition) is 4. The summed E-state index contributed by atoms with van der Waals surface area (Å²) >= 11 is 6.27. The van der Waals surface area contributed by atoms with Crippen molar-refractivity contribution in [2.75, 3.05) is 37.5 Å². The number of nitrogens with one attached hydrogen (secondary N) is 3. The quantitative estimate of drug-likeness (QED) is 0.288. The molecule has 1 amide bonds. The number of methoxy groups -OCH3 is 1. The maximum Gasteiger partial charge on any atom is 0.328 e. The van der Waals surface area contributed by atoms with Crippen molar-refractivity contribution in [2.45, 2.75) is 36.6 Å². The van der Waals surface area contributed by atoms with Crippen LogP contribution in [-0.4, -0.2) is 61.4 Å². The number of carbonyl (C=O) groups is 2. The minimum Gasteiger partial charge on any atom is -0.467 e. The second-order valence-electron chi connectivity index (χ2n) is 8.16. The van der Waals surface area contributed by atoms with Gasteiger partial charge in [-0.25, -0.2) is 4.79 Å². The highest BCUT2D eigenvalue weighted by atomic mass is 32.2. The first-order chi connectivity index (χ1) is 16.0. The summed E-state index contributed by atoms with van der Waals surface area (Å²) < 4.78 is 4.90. The summed E-state index contributed by atoms with van der Waals surface area (Å²) in [7, 11) is 1.34. The van der Waals surface area contributed by atoms with Gasteiger partial charge in [-0.2, -0.15) is 24.4 Å². The van der Waals surface area contributed by atoms with E-state index in [9.17, 15) is 9.59 Å². The molecule has 1 aliphatic rings. The number of amides is 1. The number of ether oxygens (including phenoxy) is 1. The van der Waals surface area contributed by atoms with Crippen LogP contribution in [0.2, 0.25) is 0 Å². The molecule has 3 atom stereocenters. The molecular weight excluding hydrogens is 454 g/mol. The van der Waals surface area contributed by atoms with E-state index in [1.165, 1.54) is 7.11 Å². The molecule has 0 aromatic heterocycles. The molecule has 33 heavy (non-hydrogen) atoms. The maximum atomic E-state index is 13.2. The maximum absolute atomic E-state index is 13.2. The Hall–Kier alpha value is -2.16. The van der Waals surface area contributed by atoms with Crippen molar-refractivity contribution in [3.05, 3.63) is 65.2 Å². The van der Waals surface area contributed by atoms with Gasteiger partial charge in [0.2, 0.25) is 0 Å². The van der Waals surface area contributed by atoms with Crippen LogP contribution >= 0.6 is 24.4 Å². The first-order valence-electron chi connectivity index (χ1n) is 11.2. The minimum absolute atomic E-state index is 0.267. The Kier molecular flexibility index (Phi) is 9.96. The largest absolute Gasteiger partial charge is 0.467 e. The molecule has 0 radical (unpaired) electrons. The van der Waals surface area contributed by atoms with Gasteiger partial charge in [-0.1, -0.05) is 30.3 Å². The molecule has 0 unspecified atom stereocenters. The van der Waals surface area contributed by atoms with Crippen LogP contribution in [0.5, 0.6) is 0 Å². The van der Waals surface area contributed by atoms with Gasteiger partial charge in [0.05, 0.1) is 7.11 Å². The molecule has 0 bridgehead atoms. The van der Waals surface area contributed by atoms with Crippen LogP contribution in [0, 0.1) is 0 Å². The number of carbonyl (C=O) groups excluding carboxylic acids is 2. The molecule has 0 saturated carbocycles. The molecular formula is C25H33N3O3S2. The van der Waals surface area contributed by atoms with Crippen molar-refractivity contribution in [3.63, 3.8) is 0 Å². The lowest BCUT2D eigenvalue weighted by molar-refractivity contribution is -0.142. The lowest BCUT2D eigenvalue weighted by Gasteiger charge is -2.19. The number of thioether (sulfide) groups is 1. The predicted octanol–water partition coefficient (Wildman–Crippen LogP) is 3.37. The molecule has 178 valence electrons. The van der Waals surface area contributed by atoms with Crippen LogP contribution < -0.4 is 16.0 Å². The normalized spacial score (nSPS) is 18.5. The fourth-order valence-corrected chi connectivity index (χ4v) is 4.75. The zero-order valence-electron chi connectivity index (χ0n) is 19.2. The van der Waals surface area contributed by atoms with Crippen LogP contribution in [0.4, 0.5) is 5.69 Å². The van der Waals surface area contributed by atoms with Gasteiger partial charge in [0.25, 0.3) is 5.91 Å². The molecule has 0 spiro atoms. The van der Waals surface area contributed by atoms with E-state index in [0.29, 0.717) is 29.7 Å². The first-order valence-corrected chi connectivity index (χ1v) is 13.1. The van der Waals surface area contributed by atoms with Gasteiger partial charge in [-0.15, -0.1) is 0 Å². The monoisotopic (exact) mass is 487 g/mol. The lowest BCUT2D eigenvalue weighted by Crippen LogP contribution is -2.42. The van der Waals surface area contributed by atoms with Gasteiger partial charge in [0.1, 0.15) is 6.04 Å². The van der Waals surface area contributed by atoms with Gasteiger partial charge in [0, 0.05) is 29.1 Å². The first kappa shape index (κ1) is 25.5. The lowest BCUT2D eigenvalue weighted by atomic mass is 9.98. The third-order valence-electron chi connectivity index (χ3n) is 5.83. The standard InChI is InChI=1S/C25H33N3O3S2/c1-31-25(30)21(11-13-33-2)28-24(29)20-9-8-19(27-16-22-23(32)10-12-26-22)15-18(20)14-17-6-4-3-5-7-17/h3-9,15,21-23,26-27,32H,10-14,16H2,1-2H3,(H,28,29)/t21-,22-,23+/m0/s1. The summed E-state index contributed by atoms with van der Waals surface area (Å²) in [5.41, 5.74) is 3.54. The zero-order chi connectivity index (χ0) is 23.6. The fourth-order valence-electron chi connectivity index (χ4n) is 3.94. The summed E-state index contributed by atoms with van der Waals surface area (Å²) in [5, 5.41) is 10.2. The molecule has 3 rings (SSSR count). The molecule has 1 fully saturated rings. The van der Waals surface area contributed by atoms with E-state index in [1.54, 1.807) is 11.8 Å². The van der Waals surface area contributed by atoms with E-state index >= 15 is 0 Å². The number of benzene rings is 2. The highest BCUT2D eigenvalue weighted by Gasteiger charge is 2.24. The smallest absolute Gasteiger partial charge is 0.328 e. The van der Waals surface area contributed by atoms with Crippen LogP contribution in [0.3, 0.4) is 0 Å². The van der Waals surface area contributed by atoms with E-state index in [2.05, 4.69) is 28.6 Å². The minimum atomic E-state index is -0.668. The Balaban J connectivity index is 1.80. The molecule has 1 saturated heterocycles. The average molecular weight is 488 g/mol. The van der Waals surface area contributed by atoms with Crippen molar-refractivity contribution in [1.82, 2.24) is 10.6 Å². The zero-order valence-corrected chi connectivity index (χ0v) is 20.9. The van der Waals surface area contributed by atoms with Crippen molar-refractivity contribution in [3.8, 4) is 0 Å². The molecule has 3 N–H and O–H groups in total. The topological polar surface area (TPSA) is 79.5 Å². The molecule has 8 heteroatoms. The van der Waals surface area contributed by atoms with E-state index in [-0.39, 0.29) is 5.91 Å². The SMILES string of the molecule is COC(=O)[C@H](CCSC)NC(=O)c1ccc(NC[C@@H]2NCC[C@H]2S)cc1Cc1ccccc1. The van der Waals surface area contributed by atoms with E-state index in [4.69, 9.17) is 4.74 Å². The highest BCUT2D eigenvalue weighted by Crippen LogP contribution is 2.21. The van der Waals surface area contributed by atoms with Crippen molar-refractivity contribution < 1.29 is 14.3 Å². The molecule has 0 aliphatic carbocycles. The van der Waals surface area contributed by atoms with Gasteiger partial charge in [-0.3, -0.25) is 4.79 Å². The second-order valence-corrected chi connectivity index (χ2v) is 9.81. The average Bonchev–Trinajstić information content (AvgIpc) is 3.25. The Bertz CT molecular complexity index is 926. The molecule has 6 nitrogen and oxygen atoms in total.